The fourth-order valence-electron chi connectivity index (χ4n) is 2.84. The van der Waals surface area contributed by atoms with Crippen molar-refractivity contribution in [1.29, 1.82) is 0 Å². The highest BCUT2D eigenvalue weighted by Crippen LogP contribution is 2.29. The fraction of sp³-hybridized carbons (Fsp3) is 0.211. The number of nitrogens with zero attached hydrogens (tertiary/aromatic N) is 1. The number of carbonyl (C=O) groups excluding carboxylic acids is 2. The molecular weight excluding hydrogens is 434 g/mol. The number of halogens is 2. The van der Waals surface area contributed by atoms with Crippen LogP contribution in [0.1, 0.15) is 12.5 Å². The fourth-order valence-corrected chi connectivity index (χ4v) is 3.55. The minimum Gasteiger partial charge on any atom is -0.497 e. The van der Waals surface area contributed by atoms with Crippen LogP contribution in [-0.2, 0) is 10.3 Å². The summed E-state index contributed by atoms with van der Waals surface area (Å²) < 4.78 is 29.9. The molecule has 0 radical (unpaired) electrons. The summed E-state index contributed by atoms with van der Waals surface area (Å²) in [4.78, 5) is 25.7. The molecule has 11 heteroatoms. The second kappa shape index (κ2) is 8.84. The Morgan fingerprint density at radius 1 is 1.17 bits per heavy atom. The number of carbonyl (C=O) groups is 2. The second-order valence-electron chi connectivity index (χ2n) is 6.39. The van der Waals surface area contributed by atoms with Crippen LogP contribution >= 0.6 is 24.0 Å². The van der Waals surface area contributed by atoms with Crippen LogP contribution in [0.25, 0.3) is 0 Å². The maximum Gasteiger partial charge on any atom is 0.344 e. The Hall–Kier alpha value is -2.92. The molecule has 1 saturated heterocycles. The smallest absolute Gasteiger partial charge is 0.344 e. The number of alkyl halides is 2. The molecule has 1 fully saturated rings. The van der Waals surface area contributed by atoms with E-state index in [0.29, 0.717) is 33.7 Å². The van der Waals surface area contributed by atoms with Crippen molar-refractivity contribution in [2.24, 2.45) is 0 Å². The number of imide groups is 1. The first-order valence-corrected chi connectivity index (χ1v) is 9.95. The van der Waals surface area contributed by atoms with Gasteiger partial charge >= 0.3 is 6.03 Å². The zero-order chi connectivity index (χ0) is 21.9. The van der Waals surface area contributed by atoms with Gasteiger partial charge in [0.25, 0.3) is 11.7 Å². The molecule has 1 aliphatic heterocycles. The number of anilines is 1. The molecule has 0 spiro atoms. The van der Waals surface area contributed by atoms with Crippen LogP contribution in [0.5, 0.6) is 5.75 Å². The van der Waals surface area contributed by atoms with Crippen LogP contribution < -0.4 is 20.8 Å². The van der Waals surface area contributed by atoms with E-state index in [0.717, 1.165) is 5.01 Å². The first kappa shape index (κ1) is 21.8. The summed E-state index contributed by atoms with van der Waals surface area (Å²) in [5, 5.41) is 6.24. The molecule has 0 aliphatic carbocycles. The number of hydrogen-bond acceptors (Lipinski definition) is 5. The van der Waals surface area contributed by atoms with E-state index < -0.39 is 23.2 Å². The lowest BCUT2D eigenvalue weighted by atomic mass is 9.92. The van der Waals surface area contributed by atoms with Crippen LogP contribution in [0.2, 0.25) is 0 Å². The van der Waals surface area contributed by atoms with Gasteiger partial charge in [0.05, 0.1) is 7.11 Å². The Labute approximate surface area is 181 Å². The lowest BCUT2D eigenvalue weighted by molar-refractivity contribution is -0.132. The quantitative estimate of drug-likeness (QED) is 0.350. The Morgan fingerprint density at radius 2 is 1.80 bits per heavy atom. The van der Waals surface area contributed by atoms with Gasteiger partial charge < -0.3 is 15.4 Å². The maximum atomic E-state index is 12.9. The third-order valence-corrected chi connectivity index (χ3v) is 5.32. The molecule has 3 N–H and O–H groups in total. The third-order valence-electron chi connectivity index (χ3n) is 4.41. The Bertz CT molecular complexity index is 957. The maximum absolute atomic E-state index is 12.9. The number of nitrogens with one attached hydrogen (secondary N) is 3. The molecule has 30 heavy (non-hydrogen) atoms. The van der Waals surface area contributed by atoms with E-state index in [-0.39, 0.29) is 5.11 Å². The minimum absolute atomic E-state index is 0.00764. The number of ether oxygens (including phenoxy) is 1. The molecule has 3 amide bonds. The molecule has 2 aromatic carbocycles. The lowest BCUT2D eigenvalue weighted by Crippen LogP contribution is -2.49. The summed E-state index contributed by atoms with van der Waals surface area (Å²) in [6.07, 6.45) is 0. The Morgan fingerprint density at radius 3 is 2.37 bits per heavy atom. The topological polar surface area (TPSA) is 82.7 Å². The zero-order valence-electron chi connectivity index (χ0n) is 15.9. The molecule has 1 aliphatic rings. The van der Waals surface area contributed by atoms with Gasteiger partial charge in [0.15, 0.2) is 5.11 Å². The summed E-state index contributed by atoms with van der Waals surface area (Å²) in [5.74, 6) is -2.42. The largest absolute Gasteiger partial charge is 0.497 e. The first-order chi connectivity index (χ1) is 14.2. The third kappa shape index (κ3) is 4.62. The predicted octanol–water partition coefficient (Wildman–Crippen LogP) is 3.68. The van der Waals surface area contributed by atoms with Crippen molar-refractivity contribution in [2.75, 3.05) is 12.4 Å². The Kier molecular flexibility index (Phi) is 6.42. The van der Waals surface area contributed by atoms with Gasteiger partial charge in [0.1, 0.15) is 11.3 Å². The SMILES string of the molecule is COc1ccc(C2(C)NC(=O)N(NC(=S)Nc3ccc(SC(F)F)cc3)C2=O)cc1. The van der Waals surface area contributed by atoms with Crippen LogP contribution in [0, 0.1) is 0 Å². The van der Waals surface area contributed by atoms with Gasteiger partial charge in [-0.05, 0) is 61.1 Å². The van der Waals surface area contributed by atoms with Gasteiger partial charge in [-0.2, -0.15) is 13.8 Å². The highest BCUT2D eigenvalue weighted by molar-refractivity contribution is 7.99. The van der Waals surface area contributed by atoms with E-state index in [1.807, 2.05) is 0 Å². The van der Waals surface area contributed by atoms with Crippen molar-refractivity contribution >= 4 is 46.7 Å². The standard InChI is InChI=1S/C19H18F2N4O3S2/c1-19(11-3-7-13(28-2)8-4-11)15(26)25(18(27)23-19)24-17(29)22-12-5-9-14(10-6-12)30-16(20)21/h3-10,16H,1-2H3,(H,23,27)(H2,22,24,29). The number of hydrogen-bond donors (Lipinski definition) is 3. The molecule has 1 heterocycles. The average Bonchev–Trinajstić information content (AvgIpc) is 2.93. The van der Waals surface area contributed by atoms with E-state index in [4.69, 9.17) is 17.0 Å². The highest BCUT2D eigenvalue weighted by atomic mass is 32.2. The molecule has 0 aromatic heterocycles. The van der Waals surface area contributed by atoms with Crippen LogP contribution in [0.4, 0.5) is 19.3 Å². The van der Waals surface area contributed by atoms with E-state index in [9.17, 15) is 18.4 Å². The van der Waals surface area contributed by atoms with E-state index in [2.05, 4.69) is 16.1 Å². The van der Waals surface area contributed by atoms with Gasteiger partial charge in [-0.1, -0.05) is 23.9 Å². The molecule has 2 aromatic rings. The van der Waals surface area contributed by atoms with Crippen molar-refractivity contribution in [3.05, 3.63) is 54.1 Å². The second-order valence-corrected chi connectivity index (χ2v) is 7.86. The average molecular weight is 453 g/mol. The monoisotopic (exact) mass is 452 g/mol. The minimum atomic E-state index is -2.51. The zero-order valence-corrected chi connectivity index (χ0v) is 17.6. The van der Waals surface area contributed by atoms with Crippen LogP contribution in [0.15, 0.2) is 53.4 Å². The van der Waals surface area contributed by atoms with Gasteiger partial charge in [-0.15, -0.1) is 0 Å². The van der Waals surface area contributed by atoms with Gasteiger partial charge in [-0.3, -0.25) is 10.2 Å². The number of urea groups is 1. The number of methoxy groups -OCH3 is 1. The molecular formula is C19H18F2N4O3S2. The molecule has 0 saturated carbocycles. The molecule has 158 valence electrons. The number of thiocarbonyl (C=S) groups is 1. The molecule has 1 unspecified atom stereocenters. The molecule has 3 rings (SSSR count). The van der Waals surface area contributed by atoms with E-state index in [1.165, 1.54) is 19.2 Å². The number of thioether (sulfide) groups is 1. The van der Waals surface area contributed by atoms with Gasteiger partial charge in [-0.25, -0.2) is 4.79 Å². The van der Waals surface area contributed by atoms with Crippen LogP contribution in [-0.4, -0.2) is 34.9 Å². The van der Waals surface area contributed by atoms with Crippen molar-refractivity contribution < 1.29 is 23.1 Å². The van der Waals surface area contributed by atoms with E-state index >= 15 is 0 Å². The molecule has 0 bridgehead atoms. The van der Waals surface area contributed by atoms with Crippen LogP contribution in [0.3, 0.4) is 0 Å². The summed E-state index contributed by atoms with van der Waals surface area (Å²) in [6.45, 7) is 1.59. The van der Waals surface area contributed by atoms with Crippen molar-refractivity contribution in [2.45, 2.75) is 23.1 Å². The lowest BCUT2D eigenvalue weighted by Gasteiger charge is -2.23. The van der Waals surface area contributed by atoms with Crippen molar-refractivity contribution in [3.63, 3.8) is 0 Å². The normalized spacial score (nSPS) is 18.4. The predicted molar refractivity (Wildman–Crippen MR) is 113 cm³/mol. The highest BCUT2D eigenvalue weighted by Gasteiger charge is 2.49. The summed E-state index contributed by atoms with van der Waals surface area (Å²) >= 11 is 5.60. The molecule has 1 atom stereocenters. The number of benzene rings is 2. The first-order valence-electron chi connectivity index (χ1n) is 8.66. The summed E-state index contributed by atoms with van der Waals surface area (Å²) in [5.41, 5.74) is 2.38. The van der Waals surface area contributed by atoms with Crippen molar-refractivity contribution in [1.82, 2.24) is 15.8 Å². The number of rotatable bonds is 6. The summed E-state index contributed by atoms with van der Waals surface area (Å²) in [6, 6.07) is 12.2. The van der Waals surface area contributed by atoms with Gasteiger partial charge in [0, 0.05) is 10.6 Å². The number of hydrazine groups is 1. The van der Waals surface area contributed by atoms with Crippen molar-refractivity contribution in [3.8, 4) is 5.75 Å². The molecule has 7 nitrogen and oxygen atoms in total. The van der Waals surface area contributed by atoms with Gasteiger partial charge in [0.2, 0.25) is 0 Å². The van der Waals surface area contributed by atoms with E-state index in [1.54, 1.807) is 43.3 Å². The Balaban J connectivity index is 1.66. The summed E-state index contributed by atoms with van der Waals surface area (Å²) in [7, 11) is 1.53. The number of amides is 3.